The van der Waals surface area contributed by atoms with Gasteiger partial charge in [-0.25, -0.2) is 0 Å². The molecule has 0 atom stereocenters. The van der Waals surface area contributed by atoms with E-state index in [1.807, 2.05) is 54.6 Å². The maximum absolute atomic E-state index is 12.7. The number of nitrogens with zero attached hydrogens (tertiary/aromatic N) is 3. The van der Waals surface area contributed by atoms with Crippen LogP contribution in [0.4, 0.5) is 0 Å². The van der Waals surface area contributed by atoms with Crippen LogP contribution in [0.25, 0.3) is 22.4 Å². The number of rotatable bonds is 5. The Bertz CT molecular complexity index is 1200. The Hall–Kier alpha value is -2.51. The van der Waals surface area contributed by atoms with Crippen molar-refractivity contribution in [1.82, 2.24) is 14.6 Å². The zero-order chi connectivity index (χ0) is 18.8. The first-order chi connectivity index (χ1) is 13.2. The molecule has 0 N–H and O–H groups in total. The molecule has 2 aromatic carbocycles. The second kappa shape index (κ2) is 7.62. The Kier molecular flexibility index (Phi) is 5.05. The lowest BCUT2D eigenvalue weighted by Gasteiger charge is -2.03. The molecule has 2 heterocycles. The summed E-state index contributed by atoms with van der Waals surface area (Å²) in [6.07, 6.45) is 2.82. The van der Waals surface area contributed by atoms with E-state index in [1.54, 1.807) is 0 Å². The summed E-state index contributed by atoms with van der Waals surface area (Å²) in [5.74, 6) is 1.37. The summed E-state index contributed by atoms with van der Waals surface area (Å²) >= 11 is 4.83. The number of benzene rings is 2. The van der Waals surface area contributed by atoms with Gasteiger partial charge in [0.25, 0.3) is 5.56 Å². The van der Waals surface area contributed by atoms with Crippen LogP contribution in [-0.2, 0) is 0 Å². The second-order valence-corrected chi connectivity index (χ2v) is 7.81. The second-order valence-electron chi connectivity index (χ2n) is 5.94. The molecule has 27 heavy (non-hydrogen) atoms. The molecule has 0 unspecified atom stereocenters. The number of thiazole rings is 1. The summed E-state index contributed by atoms with van der Waals surface area (Å²) in [7, 11) is 0. The summed E-state index contributed by atoms with van der Waals surface area (Å²) in [6, 6.07) is 15.4. The molecule has 2 aromatic heterocycles. The molecule has 0 saturated carbocycles. The lowest BCUT2D eigenvalue weighted by molar-refractivity contribution is 0.317. The van der Waals surface area contributed by atoms with Crippen molar-refractivity contribution in [2.75, 3.05) is 6.61 Å². The fourth-order valence-corrected chi connectivity index (χ4v) is 3.99. The van der Waals surface area contributed by atoms with Crippen molar-refractivity contribution in [2.45, 2.75) is 13.3 Å². The van der Waals surface area contributed by atoms with Gasteiger partial charge in [0.15, 0.2) is 5.82 Å². The van der Waals surface area contributed by atoms with Crippen molar-refractivity contribution in [3.63, 3.8) is 0 Å². The first-order valence-corrected chi connectivity index (χ1v) is 10.2. The number of halogens is 1. The maximum atomic E-state index is 12.7. The molecule has 0 aliphatic heterocycles. The molecule has 0 bridgehead atoms. The van der Waals surface area contributed by atoms with Gasteiger partial charge in [0, 0.05) is 10.0 Å². The molecule has 0 aliphatic carbocycles. The molecule has 5 nitrogen and oxygen atoms in total. The molecule has 0 radical (unpaired) electrons. The van der Waals surface area contributed by atoms with Crippen LogP contribution in [0.5, 0.6) is 5.75 Å². The highest BCUT2D eigenvalue weighted by Gasteiger charge is 2.13. The van der Waals surface area contributed by atoms with Crippen LogP contribution in [0.15, 0.2) is 57.8 Å². The van der Waals surface area contributed by atoms with E-state index in [0.29, 0.717) is 21.9 Å². The normalized spacial score (nSPS) is 12.0. The molecular formula is C20H16BrN3O2S. The van der Waals surface area contributed by atoms with Crippen molar-refractivity contribution in [1.29, 1.82) is 0 Å². The molecule has 4 aromatic rings. The van der Waals surface area contributed by atoms with Crippen LogP contribution in [0.3, 0.4) is 0 Å². The van der Waals surface area contributed by atoms with E-state index in [1.165, 1.54) is 15.9 Å². The molecular weight excluding hydrogens is 426 g/mol. The molecule has 0 saturated heterocycles. The van der Waals surface area contributed by atoms with Gasteiger partial charge in [-0.1, -0.05) is 58.5 Å². The highest BCUT2D eigenvalue weighted by Crippen LogP contribution is 2.25. The van der Waals surface area contributed by atoms with Crippen molar-refractivity contribution < 1.29 is 4.74 Å². The highest BCUT2D eigenvalue weighted by molar-refractivity contribution is 9.10. The Balaban J connectivity index is 1.68. The third kappa shape index (κ3) is 3.65. The first kappa shape index (κ1) is 17.9. The average molecular weight is 442 g/mol. The van der Waals surface area contributed by atoms with Gasteiger partial charge in [0.2, 0.25) is 4.96 Å². The van der Waals surface area contributed by atoms with Crippen LogP contribution >= 0.6 is 27.3 Å². The smallest absolute Gasteiger partial charge is 0.291 e. The van der Waals surface area contributed by atoms with Gasteiger partial charge < -0.3 is 4.74 Å². The third-order valence-electron chi connectivity index (χ3n) is 3.95. The predicted molar refractivity (Wildman–Crippen MR) is 111 cm³/mol. The zero-order valence-electron chi connectivity index (χ0n) is 14.6. The van der Waals surface area contributed by atoms with Crippen LogP contribution in [-0.4, -0.2) is 21.2 Å². The Morgan fingerprint density at radius 3 is 2.67 bits per heavy atom. The summed E-state index contributed by atoms with van der Waals surface area (Å²) in [5.41, 5.74) is 1.64. The Labute approximate surface area is 168 Å². The molecule has 0 amide bonds. The number of aromatic nitrogens is 3. The predicted octanol–water partition coefficient (Wildman–Crippen LogP) is 3.92. The van der Waals surface area contributed by atoms with Gasteiger partial charge in [0.1, 0.15) is 5.75 Å². The number of hydrogen-bond acceptors (Lipinski definition) is 5. The van der Waals surface area contributed by atoms with Gasteiger partial charge in [0.05, 0.1) is 11.1 Å². The number of ether oxygens (including phenoxy) is 1. The summed E-state index contributed by atoms with van der Waals surface area (Å²) < 4.78 is 8.45. The van der Waals surface area contributed by atoms with E-state index >= 15 is 0 Å². The largest absolute Gasteiger partial charge is 0.494 e. The molecule has 0 aliphatic rings. The van der Waals surface area contributed by atoms with Gasteiger partial charge in [-0.15, -0.1) is 5.10 Å². The highest BCUT2D eigenvalue weighted by atomic mass is 79.9. The van der Waals surface area contributed by atoms with E-state index in [-0.39, 0.29) is 5.56 Å². The van der Waals surface area contributed by atoms with Gasteiger partial charge >= 0.3 is 0 Å². The van der Waals surface area contributed by atoms with Crippen LogP contribution in [0, 0.1) is 0 Å². The summed E-state index contributed by atoms with van der Waals surface area (Å²) in [4.78, 5) is 17.8. The average Bonchev–Trinajstić information content (AvgIpc) is 3.21. The van der Waals surface area contributed by atoms with Crippen molar-refractivity contribution in [3.05, 3.63) is 73.5 Å². The minimum Gasteiger partial charge on any atom is -0.494 e. The molecule has 4 rings (SSSR count). The molecule has 0 fully saturated rings. The van der Waals surface area contributed by atoms with E-state index in [2.05, 4.69) is 32.9 Å². The van der Waals surface area contributed by atoms with Gasteiger partial charge in [-0.3, -0.25) is 4.79 Å². The van der Waals surface area contributed by atoms with Crippen LogP contribution in [0.2, 0.25) is 0 Å². The monoisotopic (exact) mass is 441 g/mol. The fourth-order valence-electron chi connectivity index (χ4n) is 2.62. The van der Waals surface area contributed by atoms with E-state index in [4.69, 9.17) is 4.74 Å². The maximum Gasteiger partial charge on any atom is 0.291 e. The lowest BCUT2D eigenvalue weighted by Crippen LogP contribution is -2.23. The fraction of sp³-hybridized carbons (Fsp3) is 0.150. The zero-order valence-corrected chi connectivity index (χ0v) is 17.0. The number of hydrogen-bond donors (Lipinski definition) is 0. The quantitative estimate of drug-likeness (QED) is 0.470. The molecule has 0 spiro atoms. The van der Waals surface area contributed by atoms with E-state index in [9.17, 15) is 4.79 Å². The van der Waals surface area contributed by atoms with Gasteiger partial charge in [-0.05, 0) is 42.3 Å². The Morgan fingerprint density at radius 2 is 1.96 bits per heavy atom. The molecule has 7 heteroatoms. The third-order valence-corrected chi connectivity index (χ3v) is 5.60. The van der Waals surface area contributed by atoms with Crippen LogP contribution in [0.1, 0.15) is 18.9 Å². The number of fused-ring (bicyclic) bond motifs is 1. The lowest BCUT2D eigenvalue weighted by atomic mass is 10.2. The standard InChI is InChI=1S/C20H16BrN3O2S/c1-2-11-26-14-9-7-13(8-10-14)12-17-19(25)24-20(27-17)22-18(23-24)15-5-3-4-6-16(15)21/h3-10,12H,2,11H2,1H3/b17-12-. The minimum absolute atomic E-state index is 0.160. The van der Waals surface area contributed by atoms with Crippen molar-refractivity contribution in [2.24, 2.45) is 0 Å². The minimum atomic E-state index is -0.160. The molecule has 136 valence electrons. The van der Waals surface area contributed by atoms with E-state index in [0.717, 1.165) is 27.8 Å². The van der Waals surface area contributed by atoms with Gasteiger partial charge in [-0.2, -0.15) is 9.50 Å². The summed E-state index contributed by atoms with van der Waals surface area (Å²) in [5, 5.41) is 4.39. The van der Waals surface area contributed by atoms with E-state index < -0.39 is 0 Å². The first-order valence-electron chi connectivity index (χ1n) is 8.55. The van der Waals surface area contributed by atoms with Crippen molar-refractivity contribution >= 4 is 38.3 Å². The Morgan fingerprint density at radius 1 is 1.19 bits per heavy atom. The van der Waals surface area contributed by atoms with Crippen LogP contribution < -0.4 is 14.8 Å². The SMILES string of the molecule is CCCOc1ccc(/C=c2\sc3nc(-c4ccccc4Br)nn3c2=O)cc1. The topological polar surface area (TPSA) is 56.5 Å². The summed E-state index contributed by atoms with van der Waals surface area (Å²) in [6.45, 7) is 2.77. The van der Waals surface area contributed by atoms with Crippen molar-refractivity contribution in [3.8, 4) is 17.1 Å².